The Kier molecular flexibility index (Phi) is 6.12. The van der Waals surface area contributed by atoms with E-state index in [0.29, 0.717) is 29.0 Å². The maximum absolute atomic E-state index is 12.2. The molecule has 0 aliphatic rings. The van der Waals surface area contributed by atoms with E-state index >= 15 is 0 Å². The average Bonchev–Trinajstić information content (AvgIpc) is 2.60. The molecule has 7 heteroatoms. The Morgan fingerprint density at radius 1 is 1.15 bits per heavy atom. The molecular formula is C19H17F3N2O2. The van der Waals surface area contributed by atoms with E-state index in [2.05, 4.69) is 16.1 Å². The molecule has 0 bridgehead atoms. The second kappa shape index (κ2) is 8.30. The van der Waals surface area contributed by atoms with Crippen LogP contribution in [0.1, 0.15) is 18.1 Å². The summed E-state index contributed by atoms with van der Waals surface area (Å²) in [6.07, 6.45) is -3.14. The van der Waals surface area contributed by atoms with Crippen LogP contribution in [0, 0.1) is 11.3 Å². The van der Waals surface area contributed by atoms with Gasteiger partial charge in [-0.2, -0.15) is 5.26 Å². The molecule has 0 heterocycles. The van der Waals surface area contributed by atoms with E-state index in [1.165, 1.54) is 24.3 Å². The third kappa shape index (κ3) is 5.18. The van der Waals surface area contributed by atoms with Crippen LogP contribution in [0.3, 0.4) is 0 Å². The van der Waals surface area contributed by atoms with Crippen LogP contribution < -0.4 is 14.8 Å². The third-order valence-electron chi connectivity index (χ3n) is 3.43. The van der Waals surface area contributed by atoms with E-state index in [0.717, 1.165) is 5.69 Å². The highest BCUT2D eigenvalue weighted by molar-refractivity contribution is 5.94. The first-order valence-electron chi connectivity index (χ1n) is 7.76. The third-order valence-corrected chi connectivity index (χ3v) is 3.43. The van der Waals surface area contributed by atoms with Gasteiger partial charge >= 0.3 is 6.36 Å². The Morgan fingerprint density at radius 2 is 1.81 bits per heavy atom. The summed E-state index contributed by atoms with van der Waals surface area (Å²) in [6, 6.07) is 12.7. The van der Waals surface area contributed by atoms with Crippen LogP contribution in [0.25, 0.3) is 11.6 Å². The molecule has 136 valence electrons. The number of alkyl halides is 3. The zero-order valence-corrected chi connectivity index (χ0v) is 14.2. The predicted octanol–water partition coefficient (Wildman–Crippen LogP) is 5.09. The fraction of sp³-hybridized carbons (Fsp3) is 0.211. The number of nitrogens with zero attached hydrogens (tertiary/aromatic N) is 1. The van der Waals surface area contributed by atoms with Crippen molar-refractivity contribution in [2.45, 2.75) is 13.3 Å². The van der Waals surface area contributed by atoms with Gasteiger partial charge in [0, 0.05) is 23.9 Å². The Hall–Kier alpha value is -3.14. The van der Waals surface area contributed by atoms with Gasteiger partial charge in [0.05, 0.1) is 18.8 Å². The molecule has 0 fully saturated rings. The van der Waals surface area contributed by atoms with Crippen molar-refractivity contribution in [1.29, 1.82) is 5.26 Å². The highest BCUT2D eigenvalue weighted by Gasteiger charge is 2.30. The fourth-order valence-electron chi connectivity index (χ4n) is 2.32. The molecule has 0 radical (unpaired) electrons. The summed E-state index contributed by atoms with van der Waals surface area (Å²) >= 11 is 0. The van der Waals surface area contributed by atoms with Crippen molar-refractivity contribution < 1.29 is 22.6 Å². The maximum Gasteiger partial charge on any atom is 0.573 e. The van der Waals surface area contributed by atoms with Gasteiger partial charge in [0.25, 0.3) is 0 Å². The van der Waals surface area contributed by atoms with Gasteiger partial charge in [0.15, 0.2) is 0 Å². The van der Waals surface area contributed by atoms with E-state index in [1.54, 1.807) is 31.4 Å². The van der Waals surface area contributed by atoms with Crippen LogP contribution >= 0.6 is 0 Å². The van der Waals surface area contributed by atoms with E-state index in [9.17, 15) is 18.4 Å². The Morgan fingerprint density at radius 3 is 2.35 bits per heavy atom. The molecule has 0 spiro atoms. The first-order valence-corrected chi connectivity index (χ1v) is 7.76. The van der Waals surface area contributed by atoms with Crippen LogP contribution in [0.2, 0.25) is 0 Å². The zero-order chi connectivity index (χ0) is 19.2. The summed E-state index contributed by atoms with van der Waals surface area (Å²) in [5.41, 5.74) is 2.35. The molecule has 0 atom stereocenters. The molecule has 2 aromatic carbocycles. The molecule has 2 rings (SSSR count). The lowest BCUT2D eigenvalue weighted by molar-refractivity contribution is -0.274. The first kappa shape index (κ1) is 19.2. The number of ether oxygens (including phenoxy) is 2. The average molecular weight is 362 g/mol. The van der Waals surface area contributed by atoms with Gasteiger partial charge in [-0.25, -0.2) is 0 Å². The number of nitriles is 1. The second-order valence-electron chi connectivity index (χ2n) is 5.23. The highest BCUT2D eigenvalue weighted by atomic mass is 19.4. The Labute approximate surface area is 149 Å². The minimum Gasteiger partial charge on any atom is -0.497 e. The standard InChI is InChI=1S/C19H17F3N2O2/c1-3-24-18-11-16(25-2)8-9-17(18)14(12-23)10-13-4-6-15(7-5-13)26-19(20,21)22/h4-11,24H,3H2,1-2H3/b14-10+. The van der Waals surface area contributed by atoms with Crippen molar-refractivity contribution in [3.8, 4) is 17.6 Å². The van der Waals surface area contributed by atoms with Crippen LogP contribution in [-0.4, -0.2) is 20.0 Å². The van der Waals surface area contributed by atoms with Gasteiger partial charge in [-0.1, -0.05) is 12.1 Å². The minimum atomic E-state index is -4.74. The predicted molar refractivity (Wildman–Crippen MR) is 93.8 cm³/mol. The molecule has 0 saturated heterocycles. The van der Waals surface area contributed by atoms with E-state index < -0.39 is 6.36 Å². The van der Waals surface area contributed by atoms with Gasteiger partial charge in [0.2, 0.25) is 0 Å². The number of rotatable bonds is 6. The summed E-state index contributed by atoms with van der Waals surface area (Å²) in [5, 5.41) is 12.7. The van der Waals surface area contributed by atoms with Crippen molar-refractivity contribution in [2.24, 2.45) is 0 Å². The topological polar surface area (TPSA) is 54.3 Å². The molecular weight excluding hydrogens is 345 g/mol. The largest absolute Gasteiger partial charge is 0.573 e. The first-order chi connectivity index (χ1) is 12.4. The Bertz CT molecular complexity index is 822. The molecule has 26 heavy (non-hydrogen) atoms. The molecule has 0 aliphatic heterocycles. The van der Waals surface area contributed by atoms with Crippen LogP contribution in [-0.2, 0) is 0 Å². The molecule has 0 amide bonds. The summed E-state index contributed by atoms with van der Waals surface area (Å²) in [7, 11) is 1.55. The molecule has 0 unspecified atom stereocenters. The van der Waals surface area contributed by atoms with Gasteiger partial charge in [-0.05, 0) is 42.8 Å². The minimum absolute atomic E-state index is 0.314. The molecule has 1 N–H and O–H groups in total. The summed E-state index contributed by atoms with van der Waals surface area (Å²) < 4.78 is 45.7. The van der Waals surface area contributed by atoms with Gasteiger partial charge < -0.3 is 14.8 Å². The van der Waals surface area contributed by atoms with Gasteiger partial charge in [-0.15, -0.1) is 13.2 Å². The summed E-state index contributed by atoms with van der Waals surface area (Å²) in [4.78, 5) is 0. The van der Waals surface area contributed by atoms with Crippen molar-refractivity contribution in [3.63, 3.8) is 0 Å². The van der Waals surface area contributed by atoms with Crippen molar-refractivity contribution in [2.75, 3.05) is 19.0 Å². The summed E-state index contributed by atoms with van der Waals surface area (Å²) in [6.45, 7) is 2.58. The molecule has 0 saturated carbocycles. The lowest BCUT2D eigenvalue weighted by Gasteiger charge is -2.12. The monoisotopic (exact) mass is 362 g/mol. The number of anilines is 1. The second-order valence-corrected chi connectivity index (χ2v) is 5.23. The number of hydrogen-bond donors (Lipinski definition) is 1. The maximum atomic E-state index is 12.2. The lowest BCUT2D eigenvalue weighted by atomic mass is 10.0. The van der Waals surface area contributed by atoms with Crippen LogP contribution in [0.4, 0.5) is 18.9 Å². The van der Waals surface area contributed by atoms with Crippen molar-refractivity contribution >= 4 is 17.3 Å². The smallest absolute Gasteiger partial charge is 0.497 e. The molecule has 0 aromatic heterocycles. The number of allylic oxidation sites excluding steroid dienone is 1. The van der Waals surface area contributed by atoms with E-state index in [1.807, 2.05) is 6.92 Å². The van der Waals surface area contributed by atoms with Crippen molar-refractivity contribution in [1.82, 2.24) is 0 Å². The lowest BCUT2D eigenvalue weighted by Crippen LogP contribution is -2.16. The number of benzene rings is 2. The van der Waals surface area contributed by atoms with Crippen LogP contribution in [0.15, 0.2) is 42.5 Å². The quantitative estimate of drug-likeness (QED) is 0.574. The zero-order valence-electron chi connectivity index (χ0n) is 14.2. The number of hydrogen-bond acceptors (Lipinski definition) is 4. The Balaban J connectivity index is 2.35. The number of methoxy groups -OCH3 is 1. The van der Waals surface area contributed by atoms with E-state index in [4.69, 9.17) is 4.74 Å². The number of nitrogens with one attached hydrogen (secondary N) is 1. The molecule has 4 nitrogen and oxygen atoms in total. The van der Waals surface area contributed by atoms with Crippen molar-refractivity contribution in [3.05, 3.63) is 53.6 Å². The fourth-order valence-corrected chi connectivity index (χ4v) is 2.32. The SMILES string of the molecule is CCNc1cc(OC)ccc1/C(C#N)=C/c1ccc(OC(F)(F)F)cc1. The van der Waals surface area contributed by atoms with Gasteiger partial charge in [0.1, 0.15) is 11.5 Å². The molecule has 2 aromatic rings. The van der Waals surface area contributed by atoms with Gasteiger partial charge in [-0.3, -0.25) is 0 Å². The van der Waals surface area contributed by atoms with Crippen LogP contribution in [0.5, 0.6) is 11.5 Å². The normalized spacial score (nSPS) is 11.6. The highest BCUT2D eigenvalue weighted by Crippen LogP contribution is 2.30. The summed E-state index contributed by atoms with van der Waals surface area (Å²) in [5.74, 6) is 0.335. The molecule has 0 aliphatic carbocycles. The van der Waals surface area contributed by atoms with E-state index in [-0.39, 0.29) is 5.75 Å². The number of halogens is 3.